The van der Waals surface area contributed by atoms with Crippen molar-refractivity contribution < 1.29 is 19.8 Å². The summed E-state index contributed by atoms with van der Waals surface area (Å²) in [5.74, 6) is -1.85. The number of hydrogen-bond acceptors (Lipinski definition) is 6. The van der Waals surface area contributed by atoms with Crippen molar-refractivity contribution in [3.63, 3.8) is 0 Å². The average molecular weight is 417 g/mol. The van der Waals surface area contributed by atoms with Gasteiger partial charge >= 0.3 is 11.9 Å². The van der Waals surface area contributed by atoms with Crippen LogP contribution in [0.4, 0.5) is 0 Å². The predicted octanol–water partition coefficient (Wildman–Crippen LogP) is 2.32. The first-order valence-electron chi connectivity index (χ1n) is 11.2. The van der Waals surface area contributed by atoms with Crippen LogP contribution in [-0.2, 0) is 9.59 Å². The zero-order valence-electron chi connectivity index (χ0n) is 18.0. The molecule has 0 heterocycles. The smallest absolute Gasteiger partial charge is 0.323 e. The van der Waals surface area contributed by atoms with E-state index in [-0.39, 0.29) is 0 Å². The molecule has 172 valence electrons. The van der Waals surface area contributed by atoms with Crippen molar-refractivity contribution in [2.45, 2.75) is 107 Å². The van der Waals surface area contributed by atoms with Gasteiger partial charge in [-0.25, -0.2) is 0 Å². The molecule has 0 unspecified atom stereocenters. The van der Waals surface area contributed by atoms with E-state index in [0.717, 1.165) is 70.6 Å². The first-order valence-corrected chi connectivity index (χ1v) is 11.2. The molecule has 0 saturated carbocycles. The normalized spacial score (nSPS) is 15.6. The summed E-state index contributed by atoms with van der Waals surface area (Å²) in [7, 11) is 0. The molecule has 29 heavy (non-hydrogen) atoms. The summed E-state index contributed by atoms with van der Waals surface area (Å²) in [6.07, 6.45) is 11.6. The zero-order chi connectivity index (χ0) is 22.2. The van der Waals surface area contributed by atoms with Crippen molar-refractivity contribution in [2.75, 3.05) is 13.1 Å². The summed E-state index contributed by atoms with van der Waals surface area (Å²) in [4.78, 5) is 22.9. The van der Waals surface area contributed by atoms with Crippen LogP contribution in [0.5, 0.6) is 0 Å². The molecule has 0 bridgehead atoms. The van der Waals surface area contributed by atoms with Crippen LogP contribution in [0, 0.1) is 0 Å². The van der Waals surface area contributed by atoms with E-state index < -0.39 is 23.0 Å². The first kappa shape index (κ1) is 27.8. The maximum Gasteiger partial charge on any atom is 0.323 e. The predicted molar refractivity (Wildman–Crippen MR) is 116 cm³/mol. The largest absolute Gasteiger partial charge is 0.480 e. The summed E-state index contributed by atoms with van der Waals surface area (Å²) in [5, 5.41) is 18.8. The summed E-state index contributed by atoms with van der Waals surface area (Å²) in [6, 6.07) is 0. The van der Waals surface area contributed by atoms with Gasteiger partial charge in [0.05, 0.1) is 0 Å². The molecule has 0 fully saturated rings. The highest BCUT2D eigenvalue weighted by atomic mass is 16.4. The molecule has 10 N–H and O–H groups in total. The number of carboxylic acids is 2. The number of carbonyl (C=O) groups is 2. The van der Waals surface area contributed by atoms with Crippen LogP contribution in [0.3, 0.4) is 0 Å². The molecule has 2 atom stereocenters. The first-order chi connectivity index (χ1) is 13.7. The fourth-order valence-electron chi connectivity index (χ4n) is 3.61. The van der Waals surface area contributed by atoms with Crippen LogP contribution in [0.25, 0.3) is 0 Å². The van der Waals surface area contributed by atoms with E-state index in [4.69, 9.17) is 22.9 Å². The van der Waals surface area contributed by atoms with E-state index >= 15 is 0 Å². The highest BCUT2D eigenvalue weighted by molar-refractivity contribution is 5.78. The number of hydrogen-bond donors (Lipinski definition) is 6. The highest BCUT2D eigenvalue weighted by Gasteiger charge is 2.33. The lowest BCUT2D eigenvalue weighted by atomic mass is 9.87. The Labute approximate surface area is 175 Å². The molecule has 0 rings (SSSR count). The van der Waals surface area contributed by atoms with Gasteiger partial charge in [0.15, 0.2) is 0 Å². The molecule has 8 heteroatoms. The van der Waals surface area contributed by atoms with E-state index in [9.17, 15) is 19.8 Å². The Morgan fingerprint density at radius 1 is 0.517 bits per heavy atom. The minimum atomic E-state index is -1.14. The maximum absolute atomic E-state index is 11.5. The molecule has 0 aromatic carbocycles. The fourth-order valence-corrected chi connectivity index (χ4v) is 3.61. The minimum absolute atomic E-state index is 0.467. The summed E-state index contributed by atoms with van der Waals surface area (Å²) in [6.45, 7) is 1.11. The van der Waals surface area contributed by atoms with E-state index in [0.29, 0.717) is 38.8 Å². The third kappa shape index (κ3) is 12.2. The molecule has 0 aliphatic rings. The zero-order valence-corrected chi connectivity index (χ0v) is 18.0. The van der Waals surface area contributed by atoms with E-state index in [1.807, 2.05) is 0 Å². The molecule has 0 saturated heterocycles. The second-order valence-electron chi connectivity index (χ2n) is 8.39. The van der Waals surface area contributed by atoms with Gasteiger partial charge in [0.2, 0.25) is 0 Å². The topological polar surface area (TPSA) is 179 Å². The van der Waals surface area contributed by atoms with Gasteiger partial charge in [-0.15, -0.1) is 0 Å². The fraction of sp³-hybridized carbons (Fsp3) is 0.905. The van der Waals surface area contributed by atoms with Crippen molar-refractivity contribution in [1.82, 2.24) is 0 Å². The monoisotopic (exact) mass is 416 g/mol. The van der Waals surface area contributed by atoms with E-state index in [1.165, 1.54) is 0 Å². The second-order valence-corrected chi connectivity index (χ2v) is 8.39. The van der Waals surface area contributed by atoms with Crippen LogP contribution >= 0.6 is 0 Å². The van der Waals surface area contributed by atoms with Crippen LogP contribution in [-0.4, -0.2) is 46.3 Å². The van der Waals surface area contributed by atoms with Crippen molar-refractivity contribution in [2.24, 2.45) is 22.9 Å². The Balaban J connectivity index is 3.92. The molecule has 0 aliphatic carbocycles. The summed E-state index contributed by atoms with van der Waals surface area (Å²) in [5.41, 5.74) is 20.8. The Bertz CT molecular complexity index is 424. The summed E-state index contributed by atoms with van der Waals surface area (Å²) < 4.78 is 0. The molecular formula is C21H44N4O4. The highest BCUT2D eigenvalue weighted by Crippen LogP contribution is 2.22. The molecular weight excluding hydrogens is 372 g/mol. The van der Waals surface area contributed by atoms with Gasteiger partial charge in [-0.05, 0) is 64.5 Å². The average Bonchev–Trinajstić information content (AvgIpc) is 2.66. The van der Waals surface area contributed by atoms with Gasteiger partial charge in [0, 0.05) is 0 Å². The Kier molecular flexibility index (Phi) is 14.9. The van der Waals surface area contributed by atoms with Gasteiger partial charge in [0.1, 0.15) is 11.1 Å². The van der Waals surface area contributed by atoms with Crippen LogP contribution in [0.1, 0.15) is 96.3 Å². The number of rotatable bonds is 20. The molecule has 0 amide bonds. The van der Waals surface area contributed by atoms with Gasteiger partial charge in [-0.3, -0.25) is 9.59 Å². The standard InChI is InChI=1S/C21H44N4O4/c22-16-10-8-14-20(24,18(26)27)12-6-4-2-1-3-5-7-13-21(25,19(28)29)15-9-11-17-23/h1-17,22-25H2,(H,26,27)(H,28,29)/t20-,21-/m0/s1. The Morgan fingerprint density at radius 2 is 0.759 bits per heavy atom. The van der Waals surface area contributed by atoms with Crippen molar-refractivity contribution in [1.29, 1.82) is 0 Å². The maximum atomic E-state index is 11.5. The Hall–Kier alpha value is -1.22. The molecule has 0 aromatic rings. The van der Waals surface area contributed by atoms with Gasteiger partial charge in [0.25, 0.3) is 0 Å². The molecule has 0 aliphatic heterocycles. The number of carboxylic acid groups (broad SMARTS) is 2. The van der Waals surface area contributed by atoms with Gasteiger partial charge in [-0.2, -0.15) is 0 Å². The third-order valence-electron chi connectivity index (χ3n) is 5.75. The van der Waals surface area contributed by atoms with Crippen LogP contribution in [0.15, 0.2) is 0 Å². The molecule has 8 nitrogen and oxygen atoms in total. The van der Waals surface area contributed by atoms with E-state index in [2.05, 4.69) is 0 Å². The van der Waals surface area contributed by atoms with Crippen molar-refractivity contribution in [3.8, 4) is 0 Å². The second kappa shape index (κ2) is 15.6. The number of aliphatic carboxylic acids is 2. The number of unbranched alkanes of at least 4 members (excludes halogenated alkanes) is 8. The Morgan fingerprint density at radius 3 is 1.00 bits per heavy atom. The molecule has 0 spiro atoms. The lowest BCUT2D eigenvalue weighted by Crippen LogP contribution is -2.48. The number of nitrogens with two attached hydrogens (primary N) is 4. The molecule has 0 radical (unpaired) electrons. The lowest BCUT2D eigenvalue weighted by molar-refractivity contribution is -0.144. The van der Waals surface area contributed by atoms with E-state index in [1.54, 1.807) is 0 Å². The third-order valence-corrected chi connectivity index (χ3v) is 5.75. The molecule has 0 aromatic heterocycles. The quantitative estimate of drug-likeness (QED) is 0.164. The summed E-state index contributed by atoms with van der Waals surface area (Å²) >= 11 is 0. The van der Waals surface area contributed by atoms with Crippen molar-refractivity contribution >= 4 is 11.9 Å². The lowest BCUT2D eigenvalue weighted by Gasteiger charge is -2.25. The van der Waals surface area contributed by atoms with Gasteiger partial charge < -0.3 is 33.1 Å². The van der Waals surface area contributed by atoms with Crippen molar-refractivity contribution in [3.05, 3.63) is 0 Å². The van der Waals surface area contributed by atoms with Crippen LogP contribution in [0.2, 0.25) is 0 Å². The minimum Gasteiger partial charge on any atom is -0.480 e. The SMILES string of the molecule is NCCCC[C@@](N)(CCCCCCCCC[C@](N)(CCCCN)C(=O)O)C(=O)O. The van der Waals surface area contributed by atoms with Crippen LogP contribution < -0.4 is 22.9 Å². The van der Waals surface area contributed by atoms with Gasteiger partial charge in [-0.1, -0.05) is 44.9 Å².